The number of aryl methyl sites for hydroxylation is 1. The highest BCUT2D eigenvalue weighted by Gasteiger charge is 2.17. The molecule has 1 atom stereocenters. The average molecular weight is 308 g/mol. The standard InChI is InChI=1S/C15H20N2O3S/c1-11-7-8-13(10-14(11)21(19,20)16-2)17-15(18)9-12-5-3-4-6-12/h3,5,7-8,10,12,16H,4,6,9H2,1-2H3,(H,17,18). The van der Waals surface area contributed by atoms with Crippen LogP contribution in [0.4, 0.5) is 5.69 Å². The van der Waals surface area contributed by atoms with Crippen molar-refractivity contribution in [3.63, 3.8) is 0 Å². The maximum absolute atomic E-state index is 12.0. The van der Waals surface area contributed by atoms with Gasteiger partial charge in [-0.05, 0) is 50.4 Å². The third-order valence-electron chi connectivity index (χ3n) is 3.59. The van der Waals surface area contributed by atoms with Crippen molar-refractivity contribution < 1.29 is 13.2 Å². The lowest BCUT2D eigenvalue weighted by Gasteiger charge is -2.11. The number of anilines is 1. The lowest BCUT2D eigenvalue weighted by molar-refractivity contribution is -0.116. The van der Waals surface area contributed by atoms with Gasteiger partial charge in [-0.1, -0.05) is 18.2 Å². The number of allylic oxidation sites excluding steroid dienone is 2. The predicted molar refractivity (Wildman–Crippen MR) is 82.5 cm³/mol. The Morgan fingerprint density at radius 2 is 2.14 bits per heavy atom. The van der Waals surface area contributed by atoms with Crippen LogP contribution in [0.3, 0.4) is 0 Å². The fourth-order valence-electron chi connectivity index (χ4n) is 2.39. The first-order chi connectivity index (χ1) is 9.92. The van der Waals surface area contributed by atoms with Crippen molar-refractivity contribution in [3.8, 4) is 0 Å². The molecule has 0 aromatic heterocycles. The van der Waals surface area contributed by atoms with Gasteiger partial charge in [0.2, 0.25) is 15.9 Å². The zero-order valence-corrected chi connectivity index (χ0v) is 13.0. The summed E-state index contributed by atoms with van der Waals surface area (Å²) in [4.78, 5) is 12.2. The van der Waals surface area contributed by atoms with Crippen LogP contribution >= 0.6 is 0 Å². The first-order valence-corrected chi connectivity index (χ1v) is 8.41. The van der Waals surface area contributed by atoms with Gasteiger partial charge in [0, 0.05) is 12.1 Å². The van der Waals surface area contributed by atoms with Crippen molar-refractivity contribution in [1.82, 2.24) is 4.72 Å². The van der Waals surface area contributed by atoms with Gasteiger partial charge in [0.15, 0.2) is 0 Å². The number of benzene rings is 1. The molecule has 1 aliphatic rings. The fourth-order valence-corrected chi connectivity index (χ4v) is 3.39. The Balaban J connectivity index is 2.12. The van der Waals surface area contributed by atoms with E-state index in [1.54, 1.807) is 19.1 Å². The summed E-state index contributed by atoms with van der Waals surface area (Å²) in [5.41, 5.74) is 1.14. The largest absolute Gasteiger partial charge is 0.326 e. The SMILES string of the molecule is CNS(=O)(=O)c1cc(NC(=O)CC2C=CCC2)ccc1C. The number of carbonyl (C=O) groups excluding carboxylic acids is 1. The number of sulfonamides is 1. The van der Waals surface area contributed by atoms with Crippen LogP contribution < -0.4 is 10.0 Å². The van der Waals surface area contributed by atoms with E-state index in [2.05, 4.69) is 22.2 Å². The lowest BCUT2D eigenvalue weighted by atomic mass is 10.1. The number of hydrogen-bond donors (Lipinski definition) is 2. The van der Waals surface area contributed by atoms with Crippen molar-refractivity contribution in [2.24, 2.45) is 5.92 Å². The molecule has 5 nitrogen and oxygen atoms in total. The quantitative estimate of drug-likeness (QED) is 0.819. The molecule has 0 heterocycles. The van der Waals surface area contributed by atoms with Crippen LogP contribution in [-0.2, 0) is 14.8 Å². The molecule has 2 N–H and O–H groups in total. The van der Waals surface area contributed by atoms with E-state index in [4.69, 9.17) is 0 Å². The molecule has 1 aromatic rings. The van der Waals surface area contributed by atoms with Crippen molar-refractivity contribution >= 4 is 21.6 Å². The Bertz CT molecular complexity index is 665. The second-order valence-electron chi connectivity index (χ2n) is 5.21. The predicted octanol–water partition coefficient (Wildman–Crippen LogP) is 2.20. The topological polar surface area (TPSA) is 75.3 Å². The summed E-state index contributed by atoms with van der Waals surface area (Å²) in [6, 6.07) is 4.89. The molecule has 0 aliphatic heterocycles. The van der Waals surface area contributed by atoms with Gasteiger partial charge < -0.3 is 5.32 Å². The fraction of sp³-hybridized carbons (Fsp3) is 0.400. The van der Waals surface area contributed by atoms with Crippen molar-refractivity contribution in [1.29, 1.82) is 0 Å². The molecule has 1 unspecified atom stereocenters. The smallest absolute Gasteiger partial charge is 0.240 e. The summed E-state index contributed by atoms with van der Waals surface area (Å²) >= 11 is 0. The van der Waals surface area contributed by atoms with E-state index in [-0.39, 0.29) is 16.7 Å². The Morgan fingerprint density at radius 1 is 1.38 bits per heavy atom. The minimum absolute atomic E-state index is 0.0943. The Hall–Kier alpha value is -1.66. The highest BCUT2D eigenvalue weighted by molar-refractivity contribution is 7.89. The molecule has 21 heavy (non-hydrogen) atoms. The minimum Gasteiger partial charge on any atom is -0.326 e. The van der Waals surface area contributed by atoms with Gasteiger partial charge in [0.25, 0.3) is 0 Å². The second-order valence-corrected chi connectivity index (χ2v) is 7.06. The lowest BCUT2D eigenvalue weighted by Crippen LogP contribution is -2.20. The number of hydrogen-bond acceptors (Lipinski definition) is 3. The molecule has 0 fully saturated rings. The molecule has 0 radical (unpaired) electrons. The normalized spacial score (nSPS) is 17.9. The molecule has 2 rings (SSSR count). The molecule has 0 bridgehead atoms. The summed E-state index contributed by atoms with van der Waals surface area (Å²) in [6.07, 6.45) is 6.60. The van der Waals surface area contributed by atoms with Gasteiger partial charge in [-0.15, -0.1) is 0 Å². The summed E-state index contributed by atoms with van der Waals surface area (Å²) in [5.74, 6) is 0.194. The second kappa shape index (κ2) is 6.41. The van der Waals surface area contributed by atoms with E-state index < -0.39 is 10.0 Å². The third kappa shape index (κ3) is 3.92. The third-order valence-corrected chi connectivity index (χ3v) is 5.15. The minimum atomic E-state index is -3.52. The number of amides is 1. The zero-order chi connectivity index (χ0) is 15.5. The maximum atomic E-state index is 12.0. The summed E-state index contributed by atoms with van der Waals surface area (Å²) in [5, 5.41) is 2.77. The van der Waals surface area contributed by atoms with Crippen LogP contribution in [-0.4, -0.2) is 21.4 Å². The molecular weight excluding hydrogens is 288 g/mol. The molecule has 1 amide bonds. The van der Waals surface area contributed by atoms with Gasteiger partial charge in [0.1, 0.15) is 0 Å². The molecule has 0 saturated carbocycles. The van der Waals surface area contributed by atoms with Crippen molar-refractivity contribution in [3.05, 3.63) is 35.9 Å². The van der Waals surface area contributed by atoms with Crippen molar-refractivity contribution in [2.75, 3.05) is 12.4 Å². The van der Waals surface area contributed by atoms with E-state index in [1.807, 2.05) is 0 Å². The first kappa shape index (κ1) is 15.7. The molecule has 6 heteroatoms. The van der Waals surface area contributed by atoms with Gasteiger partial charge in [0.05, 0.1) is 4.90 Å². The molecule has 0 spiro atoms. The summed E-state index contributed by atoms with van der Waals surface area (Å²) < 4.78 is 26.1. The molecular formula is C15H20N2O3S. The highest BCUT2D eigenvalue weighted by Crippen LogP contribution is 2.23. The van der Waals surface area contributed by atoms with Gasteiger partial charge in [-0.25, -0.2) is 13.1 Å². The monoisotopic (exact) mass is 308 g/mol. The van der Waals surface area contributed by atoms with Crippen LogP contribution in [0.25, 0.3) is 0 Å². The average Bonchev–Trinajstić information content (AvgIpc) is 2.93. The van der Waals surface area contributed by atoms with E-state index in [9.17, 15) is 13.2 Å². The Labute approximate surface area is 125 Å². The van der Waals surface area contributed by atoms with E-state index in [1.165, 1.54) is 13.1 Å². The van der Waals surface area contributed by atoms with Crippen LogP contribution in [0.1, 0.15) is 24.8 Å². The number of nitrogens with one attached hydrogen (secondary N) is 2. The van der Waals surface area contributed by atoms with E-state index >= 15 is 0 Å². The molecule has 1 aliphatic carbocycles. The van der Waals surface area contributed by atoms with E-state index in [0.717, 1.165) is 12.8 Å². The van der Waals surface area contributed by atoms with Gasteiger partial charge >= 0.3 is 0 Å². The highest BCUT2D eigenvalue weighted by atomic mass is 32.2. The van der Waals surface area contributed by atoms with E-state index in [0.29, 0.717) is 17.7 Å². The molecule has 0 saturated heterocycles. The zero-order valence-electron chi connectivity index (χ0n) is 12.2. The Morgan fingerprint density at radius 3 is 2.76 bits per heavy atom. The van der Waals surface area contributed by atoms with Gasteiger partial charge in [-0.2, -0.15) is 0 Å². The number of rotatable bonds is 5. The summed E-state index contributed by atoms with van der Waals surface area (Å²) in [6.45, 7) is 1.72. The Kier molecular flexibility index (Phi) is 4.80. The molecule has 1 aromatic carbocycles. The van der Waals surface area contributed by atoms with Crippen LogP contribution in [0.5, 0.6) is 0 Å². The van der Waals surface area contributed by atoms with Gasteiger partial charge in [-0.3, -0.25) is 4.79 Å². The summed E-state index contributed by atoms with van der Waals surface area (Å²) in [7, 11) is -2.15. The first-order valence-electron chi connectivity index (χ1n) is 6.93. The van der Waals surface area contributed by atoms with Crippen LogP contribution in [0.15, 0.2) is 35.2 Å². The van der Waals surface area contributed by atoms with Crippen LogP contribution in [0, 0.1) is 12.8 Å². The van der Waals surface area contributed by atoms with Crippen LogP contribution in [0.2, 0.25) is 0 Å². The maximum Gasteiger partial charge on any atom is 0.240 e. The van der Waals surface area contributed by atoms with Crippen molar-refractivity contribution in [2.45, 2.75) is 31.1 Å². The number of carbonyl (C=O) groups is 1. The molecule has 114 valence electrons.